The van der Waals surface area contributed by atoms with E-state index in [0.717, 1.165) is 25.3 Å². The van der Waals surface area contributed by atoms with E-state index < -0.39 is 5.97 Å². The van der Waals surface area contributed by atoms with Crippen molar-refractivity contribution in [1.82, 2.24) is 4.90 Å². The number of rotatable bonds is 8. The van der Waals surface area contributed by atoms with E-state index in [1.54, 1.807) is 7.11 Å². The molecule has 4 nitrogen and oxygen atoms in total. The Balaban J connectivity index is 2.24. The molecule has 0 amide bonds. The fraction of sp³-hybridized carbons (Fsp3) is 0.500. The van der Waals surface area contributed by atoms with Gasteiger partial charge in [-0.2, -0.15) is 0 Å². The first-order valence-electron chi connectivity index (χ1n) is 6.15. The molecule has 0 heterocycles. The summed E-state index contributed by atoms with van der Waals surface area (Å²) in [6.07, 6.45) is 1.91. The monoisotopic (exact) mass is 251 g/mol. The van der Waals surface area contributed by atoms with Crippen molar-refractivity contribution in [2.24, 2.45) is 0 Å². The lowest BCUT2D eigenvalue weighted by atomic mass is 10.1. The Hall–Kier alpha value is -1.55. The molecule has 1 N–H and O–H groups in total. The number of carboxylic acid groups (broad SMARTS) is 1. The van der Waals surface area contributed by atoms with Crippen molar-refractivity contribution in [3.63, 3.8) is 0 Å². The molecular formula is C14H21NO3. The van der Waals surface area contributed by atoms with E-state index in [1.165, 1.54) is 5.56 Å². The molecule has 1 aromatic rings. The zero-order valence-electron chi connectivity index (χ0n) is 11.1. The molecule has 0 aliphatic rings. The van der Waals surface area contributed by atoms with Crippen molar-refractivity contribution < 1.29 is 14.6 Å². The van der Waals surface area contributed by atoms with Crippen LogP contribution in [0.25, 0.3) is 0 Å². The molecule has 0 aliphatic heterocycles. The van der Waals surface area contributed by atoms with Gasteiger partial charge in [0.25, 0.3) is 0 Å². The number of likely N-dealkylation sites (N-methyl/N-ethyl adjacent to an activating group) is 1. The summed E-state index contributed by atoms with van der Waals surface area (Å²) in [4.78, 5) is 12.6. The van der Waals surface area contributed by atoms with Crippen LogP contribution < -0.4 is 4.74 Å². The SMILES string of the molecule is COc1ccc(CCN(C)CCCC(=O)O)cc1. The maximum atomic E-state index is 10.4. The number of methoxy groups -OCH3 is 1. The number of ether oxygens (including phenoxy) is 1. The minimum atomic E-state index is -0.724. The molecule has 0 atom stereocenters. The van der Waals surface area contributed by atoms with Crippen LogP contribution >= 0.6 is 0 Å². The van der Waals surface area contributed by atoms with E-state index in [4.69, 9.17) is 9.84 Å². The summed E-state index contributed by atoms with van der Waals surface area (Å²) in [7, 11) is 3.68. The lowest BCUT2D eigenvalue weighted by Gasteiger charge is -2.15. The van der Waals surface area contributed by atoms with Crippen molar-refractivity contribution in [3.05, 3.63) is 29.8 Å². The summed E-state index contributed by atoms with van der Waals surface area (Å²) in [5.74, 6) is 0.145. The van der Waals surface area contributed by atoms with Crippen LogP contribution in [-0.4, -0.2) is 43.2 Å². The number of carbonyl (C=O) groups is 1. The molecule has 0 aliphatic carbocycles. The summed E-state index contributed by atoms with van der Waals surface area (Å²) < 4.78 is 5.10. The Labute approximate surface area is 108 Å². The van der Waals surface area contributed by atoms with E-state index in [-0.39, 0.29) is 6.42 Å². The highest BCUT2D eigenvalue weighted by Gasteiger charge is 2.02. The normalized spacial score (nSPS) is 10.6. The molecule has 1 rings (SSSR count). The van der Waals surface area contributed by atoms with Gasteiger partial charge in [0.2, 0.25) is 0 Å². The molecule has 0 radical (unpaired) electrons. The van der Waals surface area contributed by atoms with Gasteiger partial charge in [-0.1, -0.05) is 12.1 Å². The number of hydrogen-bond acceptors (Lipinski definition) is 3. The molecule has 0 spiro atoms. The van der Waals surface area contributed by atoms with E-state index in [9.17, 15) is 4.79 Å². The van der Waals surface area contributed by atoms with Crippen LogP contribution in [0, 0.1) is 0 Å². The summed E-state index contributed by atoms with van der Waals surface area (Å²) >= 11 is 0. The molecule has 100 valence electrons. The Morgan fingerprint density at radius 3 is 2.50 bits per heavy atom. The van der Waals surface area contributed by atoms with Crippen molar-refractivity contribution in [1.29, 1.82) is 0 Å². The molecule has 1 aromatic carbocycles. The number of hydrogen-bond donors (Lipinski definition) is 1. The second-order valence-corrected chi connectivity index (χ2v) is 4.40. The molecular weight excluding hydrogens is 230 g/mol. The van der Waals surface area contributed by atoms with Crippen molar-refractivity contribution in [2.75, 3.05) is 27.2 Å². The Morgan fingerprint density at radius 2 is 1.94 bits per heavy atom. The third-order valence-corrected chi connectivity index (χ3v) is 2.87. The van der Waals surface area contributed by atoms with Crippen molar-refractivity contribution in [2.45, 2.75) is 19.3 Å². The van der Waals surface area contributed by atoms with Crippen LogP contribution in [0.5, 0.6) is 5.75 Å². The zero-order valence-corrected chi connectivity index (χ0v) is 11.1. The highest BCUT2D eigenvalue weighted by molar-refractivity contribution is 5.66. The van der Waals surface area contributed by atoms with Gasteiger partial charge >= 0.3 is 5.97 Å². The quantitative estimate of drug-likeness (QED) is 0.768. The third-order valence-electron chi connectivity index (χ3n) is 2.87. The predicted octanol–water partition coefficient (Wildman–Crippen LogP) is 2.03. The minimum absolute atomic E-state index is 0.243. The maximum absolute atomic E-state index is 10.4. The maximum Gasteiger partial charge on any atom is 0.303 e. The van der Waals surface area contributed by atoms with Gasteiger partial charge in [0.05, 0.1) is 7.11 Å². The number of carboxylic acids is 1. The van der Waals surface area contributed by atoms with Crippen LogP contribution in [0.15, 0.2) is 24.3 Å². The van der Waals surface area contributed by atoms with Crippen molar-refractivity contribution >= 4 is 5.97 Å². The van der Waals surface area contributed by atoms with Crippen LogP contribution in [-0.2, 0) is 11.2 Å². The summed E-state index contributed by atoms with van der Waals surface area (Å²) in [6.45, 7) is 1.76. The first-order chi connectivity index (χ1) is 8.61. The zero-order chi connectivity index (χ0) is 13.4. The largest absolute Gasteiger partial charge is 0.497 e. The van der Waals surface area contributed by atoms with Crippen molar-refractivity contribution in [3.8, 4) is 5.75 Å². The van der Waals surface area contributed by atoms with Gasteiger partial charge in [-0.15, -0.1) is 0 Å². The molecule has 0 saturated carbocycles. The average molecular weight is 251 g/mol. The number of benzene rings is 1. The predicted molar refractivity (Wildman–Crippen MR) is 71.1 cm³/mol. The number of aliphatic carboxylic acids is 1. The Bertz CT molecular complexity index is 362. The highest BCUT2D eigenvalue weighted by atomic mass is 16.5. The second kappa shape index (κ2) is 7.71. The fourth-order valence-electron chi connectivity index (χ4n) is 1.72. The van der Waals surface area contributed by atoms with Crippen LogP contribution in [0.2, 0.25) is 0 Å². The summed E-state index contributed by atoms with van der Waals surface area (Å²) in [5.41, 5.74) is 1.26. The fourth-order valence-corrected chi connectivity index (χ4v) is 1.72. The van der Waals surface area contributed by atoms with Gasteiger partial charge in [0.1, 0.15) is 5.75 Å². The molecule has 0 saturated heterocycles. The average Bonchev–Trinajstić information content (AvgIpc) is 2.36. The van der Waals surface area contributed by atoms with Crippen LogP contribution in [0.1, 0.15) is 18.4 Å². The second-order valence-electron chi connectivity index (χ2n) is 4.40. The van der Waals surface area contributed by atoms with Gasteiger partial charge in [-0.25, -0.2) is 0 Å². The lowest BCUT2D eigenvalue weighted by molar-refractivity contribution is -0.137. The van der Waals surface area contributed by atoms with E-state index in [1.807, 2.05) is 19.2 Å². The first-order valence-corrected chi connectivity index (χ1v) is 6.15. The topological polar surface area (TPSA) is 49.8 Å². The van der Waals surface area contributed by atoms with E-state index in [0.29, 0.717) is 6.42 Å². The molecule has 18 heavy (non-hydrogen) atoms. The summed E-state index contributed by atoms with van der Waals surface area (Å²) in [5, 5.41) is 8.55. The first kappa shape index (κ1) is 14.5. The third kappa shape index (κ3) is 5.68. The highest BCUT2D eigenvalue weighted by Crippen LogP contribution is 2.11. The smallest absolute Gasteiger partial charge is 0.303 e. The molecule has 0 aromatic heterocycles. The van der Waals surface area contributed by atoms with Gasteiger partial charge in [0.15, 0.2) is 0 Å². The van der Waals surface area contributed by atoms with Gasteiger partial charge in [0, 0.05) is 13.0 Å². The Morgan fingerprint density at radius 1 is 1.28 bits per heavy atom. The van der Waals surface area contributed by atoms with Crippen LogP contribution in [0.3, 0.4) is 0 Å². The molecule has 4 heteroatoms. The minimum Gasteiger partial charge on any atom is -0.497 e. The molecule has 0 unspecified atom stereocenters. The van der Waals surface area contributed by atoms with Gasteiger partial charge < -0.3 is 14.7 Å². The van der Waals surface area contributed by atoms with Gasteiger partial charge in [-0.05, 0) is 44.1 Å². The molecule has 0 bridgehead atoms. The van der Waals surface area contributed by atoms with Gasteiger partial charge in [-0.3, -0.25) is 4.79 Å². The standard InChI is InChI=1S/C14H21NO3/c1-15(10-3-4-14(16)17)11-9-12-5-7-13(18-2)8-6-12/h5-8H,3-4,9-11H2,1-2H3,(H,16,17). The molecule has 0 fully saturated rings. The lowest BCUT2D eigenvalue weighted by Crippen LogP contribution is -2.23. The number of nitrogens with zero attached hydrogens (tertiary/aromatic N) is 1. The van der Waals surface area contributed by atoms with Crippen LogP contribution in [0.4, 0.5) is 0 Å². The summed E-state index contributed by atoms with van der Waals surface area (Å²) in [6, 6.07) is 8.04. The van der Waals surface area contributed by atoms with E-state index in [2.05, 4.69) is 17.0 Å². The Kier molecular flexibility index (Phi) is 6.22. The van der Waals surface area contributed by atoms with E-state index >= 15 is 0 Å².